The molecule has 0 atom stereocenters. The smallest absolute Gasteiger partial charge is 0.154 e. The third-order valence-corrected chi connectivity index (χ3v) is 3.14. The Morgan fingerprint density at radius 2 is 2.12 bits per heavy atom. The molecule has 0 aromatic carbocycles. The van der Waals surface area contributed by atoms with E-state index in [1.807, 2.05) is 18.6 Å². The van der Waals surface area contributed by atoms with Crippen LogP contribution in [0.25, 0.3) is 5.52 Å². The van der Waals surface area contributed by atoms with Crippen LogP contribution in [0.15, 0.2) is 18.6 Å². The number of imidazole rings is 1. The van der Waals surface area contributed by atoms with Crippen LogP contribution in [0.5, 0.6) is 0 Å². The molecule has 2 aromatic heterocycles. The fourth-order valence-corrected chi connectivity index (χ4v) is 2.25. The van der Waals surface area contributed by atoms with E-state index < -0.39 is 0 Å². The number of hydrogen-bond acceptors (Lipinski definition) is 4. The van der Waals surface area contributed by atoms with E-state index in [9.17, 15) is 0 Å². The van der Waals surface area contributed by atoms with Crippen molar-refractivity contribution >= 4 is 11.3 Å². The zero-order chi connectivity index (χ0) is 11.7. The molecule has 0 amide bonds. The molecule has 1 fully saturated rings. The van der Waals surface area contributed by atoms with Gasteiger partial charge >= 0.3 is 0 Å². The highest BCUT2D eigenvalue weighted by Crippen LogP contribution is 2.20. The van der Waals surface area contributed by atoms with Crippen molar-refractivity contribution in [2.45, 2.75) is 13.3 Å². The standard InChI is InChI=1S/C12H16N4O/c1-2-11-14-9-10-12(13-3-4-16(10)11)15-5-7-17-8-6-15/h3-4,9H,2,5-8H2,1H3. The van der Waals surface area contributed by atoms with Crippen molar-refractivity contribution in [2.75, 3.05) is 31.2 Å². The second-order valence-corrected chi connectivity index (χ2v) is 4.13. The third-order valence-electron chi connectivity index (χ3n) is 3.14. The lowest BCUT2D eigenvalue weighted by atomic mass is 10.4. The molecule has 1 aliphatic heterocycles. The van der Waals surface area contributed by atoms with E-state index in [-0.39, 0.29) is 0 Å². The highest BCUT2D eigenvalue weighted by atomic mass is 16.5. The predicted molar refractivity (Wildman–Crippen MR) is 65.4 cm³/mol. The van der Waals surface area contributed by atoms with Gasteiger partial charge in [0.05, 0.1) is 19.4 Å². The minimum Gasteiger partial charge on any atom is -0.378 e. The Morgan fingerprint density at radius 1 is 1.29 bits per heavy atom. The summed E-state index contributed by atoms with van der Waals surface area (Å²) in [6.45, 7) is 5.47. The summed E-state index contributed by atoms with van der Waals surface area (Å²) in [6, 6.07) is 0. The van der Waals surface area contributed by atoms with Crippen molar-refractivity contribution < 1.29 is 4.74 Å². The van der Waals surface area contributed by atoms with Gasteiger partial charge in [0.2, 0.25) is 0 Å². The quantitative estimate of drug-likeness (QED) is 0.778. The van der Waals surface area contributed by atoms with Gasteiger partial charge < -0.3 is 9.64 Å². The number of aromatic nitrogens is 3. The van der Waals surface area contributed by atoms with Crippen LogP contribution >= 0.6 is 0 Å². The Hall–Kier alpha value is -1.62. The van der Waals surface area contributed by atoms with E-state index in [1.165, 1.54) is 0 Å². The average Bonchev–Trinajstić information content (AvgIpc) is 2.82. The van der Waals surface area contributed by atoms with E-state index >= 15 is 0 Å². The van der Waals surface area contributed by atoms with Gasteiger partial charge in [0, 0.05) is 31.9 Å². The van der Waals surface area contributed by atoms with Crippen LogP contribution in [0.4, 0.5) is 5.82 Å². The first kappa shape index (κ1) is 10.5. The number of anilines is 1. The van der Waals surface area contributed by atoms with Crippen molar-refractivity contribution in [3.63, 3.8) is 0 Å². The van der Waals surface area contributed by atoms with E-state index in [0.29, 0.717) is 0 Å². The number of morpholine rings is 1. The molecule has 0 aliphatic carbocycles. The molecule has 0 saturated carbocycles. The van der Waals surface area contributed by atoms with Crippen molar-refractivity contribution in [1.29, 1.82) is 0 Å². The predicted octanol–water partition coefficient (Wildman–Crippen LogP) is 1.13. The monoisotopic (exact) mass is 232 g/mol. The molecule has 0 radical (unpaired) electrons. The number of hydrogen-bond donors (Lipinski definition) is 0. The number of rotatable bonds is 2. The summed E-state index contributed by atoms with van der Waals surface area (Å²) in [5.74, 6) is 2.10. The van der Waals surface area contributed by atoms with Gasteiger partial charge in [-0.25, -0.2) is 9.97 Å². The van der Waals surface area contributed by atoms with Crippen LogP contribution < -0.4 is 4.90 Å². The second-order valence-electron chi connectivity index (χ2n) is 4.13. The molecule has 1 saturated heterocycles. The Bertz CT molecular complexity index is 516. The van der Waals surface area contributed by atoms with Gasteiger partial charge in [-0.1, -0.05) is 6.92 Å². The summed E-state index contributed by atoms with van der Waals surface area (Å²) in [5.41, 5.74) is 1.09. The van der Waals surface area contributed by atoms with Crippen LogP contribution in [0.1, 0.15) is 12.7 Å². The van der Waals surface area contributed by atoms with Gasteiger partial charge in [0.15, 0.2) is 5.82 Å². The molecule has 90 valence electrons. The van der Waals surface area contributed by atoms with Gasteiger partial charge in [-0.2, -0.15) is 0 Å². The van der Waals surface area contributed by atoms with E-state index in [1.54, 1.807) is 0 Å². The van der Waals surface area contributed by atoms with Crippen molar-refractivity contribution in [3.05, 3.63) is 24.4 Å². The summed E-state index contributed by atoms with van der Waals surface area (Å²) < 4.78 is 7.49. The Kier molecular flexibility index (Phi) is 2.68. The van der Waals surface area contributed by atoms with Gasteiger partial charge in [0.25, 0.3) is 0 Å². The van der Waals surface area contributed by atoms with Crippen LogP contribution in [-0.2, 0) is 11.2 Å². The lowest BCUT2D eigenvalue weighted by molar-refractivity contribution is 0.122. The SMILES string of the molecule is CCc1ncc2c(N3CCOCC3)nccn12. The highest BCUT2D eigenvalue weighted by Gasteiger charge is 2.16. The van der Waals surface area contributed by atoms with Gasteiger partial charge in [-0.05, 0) is 0 Å². The minimum absolute atomic E-state index is 0.775. The van der Waals surface area contributed by atoms with Crippen LogP contribution in [0.2, 0.25) is 0 Å². The number of fused-ring (bicyclic) bond motifs is 1. The molecule has 3 heterocycles. The van der Waals surface area contributed by atoms with E-state index in [2.05, 4.69) is 26.2 Å². The molecule has 0 spiro atoms. The topological polar surface area (TPSA) is 42.7 Å². The molecular formula is C12H16N4O. The van der Waals surface area contributed by atoms with Crippen LogP contribution in [-0.4, -0.2) is 40.7 Å². The maximum absolute atomic E-state index is 5.37. The lowest BCUT2D eigenvalue weighted by Crippen LogP contribution is -2.37. The van der Waals surface area contributed by atoms with Crippen molar-refractivity contribution in [3.8, 4) is 0 Å². The van der Waals surface area contributed by atoms with Gasteiger partial charge in [-0.3, -0.25) is 4.40 Å². The fourth-order valence-electron chi connectivity index (χ4n) is 2.25. The molecule has 0 bridgehead atoms. The highest BCUT2D eigenvalue weighted by molar-refractivity contribution is 5.68. The molecule has 2 aromatic rings. The molecule has 5 nitrogen and oxygen atoms in total. The van der Waals surface area contributed by atoms with Gasteiger partial charge in [-0.15, -0.1) is 0 Å². The maximum Gasteiger partial charge on any atom is 0.154 e. The maximum atomic E-state index is 5.37. The number of nitrogens with zero attached hydrogens (tertiary/aromatic N) is 4. The van der Waals surface area contributed by atoms with Crippen molar-refractivity contribution in [2.24, 2.45) is 0 Å². The minimum atomic E-state index is 0.775. The van der Waals surface area contributed by atoms with E-state index in [0.717, 1.165) is 49.9 Å². The average molecular weight is 232 g/mol. The zero-order valence-electron chi connectivity index (χ0n) is 9.96. The Balaban J connectivity index is 2.06. The largest absolute Gasteiger partial charge is 0.378 e. The fraction of sp³-hybridized carbons (Fsp3) is 0.500. The van der Waals surface area contributed by atoms with E-state index in [4.69, 9.17) is 4.74 Å². The Morgan fingerprint density at radius 3 is 2.88 bits per heavy atom. The van der Waals surface area contributed by atoms with Gasteiger partial charge in [0.1, 0.15) is 11.3 Å². The Labute approximate surface area is 100 Å². The molecule has 17 heavy (non-hydrogen) atoms. The molecule has 5 heteroatoms. The first-order chi connectivity index (χ1) is 8.40. The first-order valence-corrected chi connectivity index (χ1v) is 6.04. The third kappa shape index (κ3) is 1.76. The molecule has 3 rings (SSSR count). The number of aryl methyl sites for hydroxylation is 1. The second kappa shape index (κ2) is 4.33. The number of ether oxygens (including phenoxy) is 1. The summed E-state index contributed by atoms with van der Waals surface area (Å²) >= 11 is 0. The van der Waals surface area contributed by atoms with Crippen LogP contribution in [0, 0.1) is 0 Å². The van der Waals surface area contributed by atoms with Crippen LogP contribution in [0.3, 0.4) is 0 Å². The normalized spacial score (nSPS) is 16.6. The molecule has 1 aliphatic rings. The first-order valence-electron chi connectivity index (χ1n) is 6.04. The summed E-state index contributed by atoms with van der Waals surface area (Å²) in [7, 11) is 0. The lowest BCUT2D eigenvalue weighted by Gasteiger charge is -2.28. The zero-order valence-corrected chi connectivity index (χ0v) is 9.96. The molecular weight excluding hydrogens is 216 g/mol. The summed E-state index contributed by atoms with van der Waals surface area (Å²) in [4.78, 5) is 11.2. The molecule has 0 unspecified atom stereocenters. The summed E-state index contributed by atoms with van der Waals surface area (Å²) in [5, 5.41) is 0. The molecule has 0 N–H and O–H groups in total. The summed E-state index contributed by atoms with van der Waals surface area (Å²) in [6.07, 6.45) is 6.67. The van der Waals surface area contributed by atoms with Crippen molar-refractivity contribution in [1.82, 2.24) is 14.4 Å².